The molecule has 0 saturated heterocycles. The number of anilines is 2. The fourth-order valence-corrected chi connectivity index (χ4v) is 5.51. The number of rotatable bonds is 7. The van der Waals surface area contributed by atoms with Crippen LogP contribution in [0.25, 0.3) is 5.65 Å². The zero-order valence-corrected chi connectivity index (χ0v) is 19.1. The Morgan fingerprint density at radius 3 is 2.94 bits per heavy atom. The summed E-state index contributed by atoms with van der Waals surface area (Å²) < 4.78 is 27.4. The molecule has 4 aliphatic rings. The number of H-pyrrole nitrogens is 1. The summed E-state index contributed by atoms with van der Waals surface area (Å²) in [6.07, 6.45) is 4.54. The number of nitrogens with zero attached hydrogens (tertiary/aromatic N) is 5. The van der Waals surface area contributed by atoms with E-state index in [-0.39, 0.29) is 5.54 Å². The van der Waals surface area contributed by atoms with Crippen LogP contribution in [0.3, 0.4) is 0 Å². The van der Waals surface area contributed by atoms with Gasteiger partial charge in [-0.3, -0.25) is 9.50 Å². The van der Waals surface area contributed by atoms with Gasteiger partial charge in [-0.05, 0) is 38.0 Å². The number of alkyl carbamates (subject to hydrolysis) is 1. The smallest absolute Gasteiger partial charge is 0.407 e. The van der Waals surface area contributed by atoms with Gasteiger partial charge in [0.15, 0.2) is 11.5 Å². The van der Waals surface area contributed by atoms with E-state index in [4.69, 9.17) is 9.47 Å². The van der Waals surface area contributed by atoms with E-state index in [0.717, 1.165) is 25.2 Å². The van der Waals surface area contributed by atoms with Crippen molar-refractivity contribution in [3.63, 3.8) is 0 Å². The maximum Gasteiger partial charge on any atom is 0.407 e. The number of ether oxygens (including phenoxy) is 2. The predicted molar refractivity (Wildman–Crippen MR) is 121 cm³/mol. The molecule has 35 heavy (non-hydrogen) atoms. The summed E-state index contributed by atoms with van der Waals surface area (Å²) in [6, 6.07) is 3.81. The van der Waals surface area contributed by atoms with Crippen molar-refractivity contribution in [2.45, 2.75) is 62.4 Å². The van der Waals surface area contributed by atoms with E-state index in [1.165, 1.54) is 6.20 Å². The maximum absolute atomic E-state index is 15.2. The molecule has 4 aliphatic carbocycles. The summed E-state index contributed by atoms with van der Waals surface area (Å²) in [5.41, 5.74) is 1.94. The molecule has 4 fully saturated rings. The Labute approximate surface area is 200 Å². The maximum atomic E-state index is 15.2. The van der Waals surface area contributed by atoms with Crippen LogP contribution in [0.4, 0.5) is 21.0 Å². The van der Waals surface area contributed by atoms with Gasteiger partial charge < -0.3 is 20.1 Å². The summed E-state index contributed by atoms with van der Waals surface area (Å²) in [7, 11) is 1.57. The lowest BCUT2D eigenvalue weighted by Crippen LogP contribution is -2.68. The van der Waals surface area contributed by atoms with Gasteiger partial charge in [0, 0.05) is 36.5 Å². The van der Waals surface area contributed by atoms with E-state index in [9.17, 15) is 10.1 Å². The topological polar surface area (TPSA) is 142 Å². The van der Waals surface area contributed by atoms with Crippen LogP contribution < -0.4 is 10.6 Å². The number of carbonyl (C=O) groups excluding carboxylic acids is 1. The lowest BCUT2D eigenvalue weighted by Gasteiger charge is -2.61. The van der Waals surface area contributed by atoms with Gasteiger partial charge in [-0.25, -0.2) is 19.2 Å². The number of carbonyl (C=O) groups is 1. The highest BCUT2D eigenvalue weighted by Gasteiger charge is 2.58. The number of methoxy groups -OCH3 is 1. The van der Waals surface area contributed by atoms with Crippen LogP contribution >= 0.6 is 0 Å². The number of aromatic amines is 1. The molecule has 3 heterocycles. The fourth-order valence-electron chi connectivity index (χ4n) is 5.51. The molecule has 3 N–H and O–H groups in total. The first kappa shape index (κ1) is 21.8. The van der Waals surface area contributed by atoms with Crippen LogP contribution in [-0.2, 0) is 16.1 Å². The van der Waals surface area contributed by atoms with Gasteiger partial charge in [-0.2, -0.15) is 10.4 Å². The molecule has 3 aromatic rings. The highest BCUT2D eigenvalue weighted by molar-refractivity contribution is 5.69. The van der Waals surface area contributed by atoms with Crippen LogP contribution in [0.1, 0.15) is 55.0 Å². The Hall–Kier alpha value is -3.72. The van der Waals surface area contributed by atoms with Crippen molar-refractivity contribution in [1.29, 1.82) is 5.26 Å². The van der Waals surface area contributed by atoms with Crippen molar-refractivity contribution >= 4 is 23.5 Å². The molecule has 2 bridgehead atoms. The van der Waals surface area contributed by atoms with E-state index in [1.807, 2.05) is 0 Å². The van der Waals surface area contributed by atoms with Crippen molar-refractivity contribution < 1.29 is 18.7 Å². The molecule has 7 rings (SSSR count). The molecule has 11 nitrogen and oxygen atoms in total. The number of alkyl halides is 1. The third-order valence-electron chi connectivity index (χ3n) is 7.36. The normalized spacial score (nSPS) is 28.7. The summed E-state index contributed by atoms with van der Waals surface area (Å²) in [4.78, 5) is 21.0. The monoisotopic (exact) mass is 480 g/mol. The SMILES string of the molecule is COCc1cn2c(Nc3cc([C@@H]4CC[C@H](OC(=O)NC56CC(C5)C6)[C@H]4F)[nH]n3)ncc(C#N)c2n1. The number of fused-ring (bicyclic) bond motifs is 1. The van der Waals surface area contributed by atoms with Gasteiger partial charge in [0.05, 0.1) is 18.5 Å². The number of amides is 1. The van der Waals surface area contributed by atoms with Crippen LogP contribution in [0, 0.1) is 17.2 Å². The molecule has 12 heteroatoms. The minimum atomic E-state index is -1.33. The van der Waals surface area contributed by atoms with E-state index >= 15 is 4.39 Å². The zero-order valence-electron chi connectivity index (χ0n) is 19.1. The van der Waals surface area contributed by atoms with Gasteiger partial charge in [0.2, 0.25) is 5.95 Å². The van der Waals surface area contributed by atoms with Gasteiger partial charge in [-0.15, -0.1) is 0 Å². The molecule has 1 amide bonds. The summed E-state index contributed by atoms with van der Waals surface area (Å²) >= 11 is 0. The van der Waals surface area contributed by atoms with Crippen molar-refractivity contribution in [3.05, 3.63) is 35.4 Å². The van der Waals surface area contributed by atoms with Gasteiger partial charge in [-0.1, -0.05) is 0 Å². The van der Waals surface area contributed by atoms with E-state index in [1.54, 1.807) is 23.8 Å². The van der Waals surface area contributed by atoms with Crippen molar-refractivity contribution in [2.75, 3.05) is 12.4 Å². The molecule has 4 saturated carbocycles. The van der Waals surface area contributed by atoms with Gasteiger partial charge in [0.1, 0.15) is 23.9 Å². The largest absolute Gasteiger partial charge is 0.443 e. The van der Waals surface area contributed by atoms with Crippen LogP contribution in [0.2, 0.25) is 0 Å². The Kier molecular flexibility index (Phi) is 5.10. The lowest BCUT2D eigenvalue weighted by atomic mass is 9.50. The summed E-state index contributed by atoms with van der Waals surface area (Å²) in [5, 5.41) is 22.5. The van der Waals surface area contributed by atoms with E-state index in [2.05, 4.69) is 36.9 Å². The molecule has 0 aliphatic heterocycles. The first-order valence-electron chi connectivity index (χ1n) is 11.7. The number of aromatic nitrogens is 5. The highest BCUT2D eigenvalue weighted by atomic mass is 19.1. The molecule has 0 spiro atoms. The number of hydrogen-bond acceptors (Lipinski definition) is 8. The standard InChI is InChI=1S/C23H25FN8O3/c1-34-11-14-10-32-20(27-14)13(8-25)9-26-21(32)28-18-4-16(30-31-18)15-2-3-17(19(15)24)35-22(33)29-23-5-12(6-23)7-23/h4,9-10,12,15,17,19H,2-3,5-7,11H2,1H3,(H,29,33)(H2,26,28,30,31)/t12?,15-,17-,19-,23?/m0/s1. The number of imidazole rings is 1. The summed E-state index contributed by atoms with van der Waals surface area (Å²) in [6.45, 7) is 0.293. The second-order valence-electron chi connectivity index (χ2n) is 9.76. The molecule has 0 radical (unpaired) electrons. The Morgan fingerprint density at radius 2 is 2.23 bits per heavy atom. The second kappa shape index (κ2) is 8.20. The first-order valence-corrected chi connectivity index (χ1v) is 11.7. The minimum absolute atomic E-state index is 0.0972. The third kappa shape index (κ3) is 3.76. The zero-order chi connectivity index (χ0) is 24.2. The Balaban J connectivity index is 1.13. The van der Waals surface area contributed by atoms with E-state index in [0.29, 0.717) is 53.8 Å². The van der Waals surface area contributed by atoms with Crippen LogP contribution in [0.5, 0.6) is 0 Å². The van der Waals surface area contributed by atoms with Crippen molar-refractivity contribution in [3.8, 4) is 6.07 Å². The highest BCUT2D eigenvalue weighted by Crippen LogP contribution is 2.57. The Morgan fingerprint density at radius 1 is 1.40 bits per heavy atom. The third-order valence-corrected chi connectivity index (χ3v) is 7.36. The Bertz CT molecular complexity index is 1310. The minimum Gasteiger partial charge on any atom is -0.443 e. The van der Waals surface area contributed by atoms with Crippen LogP contribution in [-0.4, -0.2) is 55.6 Å². The molecule has 0 aromatic carbocycles. The average Bonchev–Trinajstić information content (AvgIpc) is 3.50. The van der Waals surface area contributed by atoms with Crippen LogP contribution in [0.15, 0.2) is 18.5 Å². The molecule has 182 valence electrons. The van der Waals surface area contributed by atoms with Gasteiger partial charge >= 0.3 is 6.09 Å². The number of nitrogens with one attached hydrogen (secondary N) is 3. The first-order chi connectivity index (χ1) is 17.0. The van der Waals surface area contributed by atoms with Gasteiger partial charge in [0.25, 0.3) is 0 Å². The number of hydrogen-bond donors (Lipinski definition) is 3. The quantitative estimate of drug-likeness (QED) is 0.468. The number of nitriles is 1. The molecule has 3 atom stereocenters. The average molecular weight is 481 g/mol. The fraction of sp³-hybridized carbons (Fsp3) is 0.522. The predicted octanol–water partition coefficient (Wildman–Crippen LogP) is 3.08. The molecule has 0 unspecified atom stereocenters. The van der Waals surface area contributed by atoms with Crippen molar-refractivity contribution in [2.24, 2.45) is 5.92 Å². The number of halogens is 1. The summed E-state index contributed by atoms with van der Waals surface area (Å²) in [5.74, 6) is 1.13. The second-order valence-corrected chi connectivity index (χ2v) is 9.76. The molecular weight excluding hydrogens is 455 g/mol. The molecular formula is C23H25FN8O3. The molecule has 3 aromatic heterocycles. The van der Waals surface area contributed by atoms with E-state index < -0.39 is 24.3 Å². The van der Waals surface area contributed by atoms with Crippen molar-refractivity contribution in [1.82, 2.24) is 29.9 Å². The lowest BCUT2D eigenvalue weighted by molar-refractivity contribution is -0.0532.